The molecule has 3 unspecified atom stereocenters. The molecule has 0 bridgehead atoms. The maximum atomic E-state index is 13.1. The van der Waals surface area contributed by atoms with Gasteiger partial charge < -0.3 is 14.7 Å². The molecule has 0 saturated carbocycles. The second-order valence-electron chi connectivity index (χ2n) is 11.1. The molecule has 224 valence electrons. The van der Waals surface area contributed by atoms with E-state index in [2.05, 4.69) is 11.8 Å². The average molecular weight is 608 g/mol. The maximum Gasteiger partial charge on any atom is 0.322 e. The molecule has 0 aliphatic carbocycles. The van der Waals surface area contributed by atoms with Gasteiger partial charge in [-0.3, -0.25) is 9.59 Å². The van der Waals surface area contributed by atoms with Crippen LogP contribution in [-0.2, 0) is 14.3 Å². The number of aliphatic carboxylic acids is 1. The highest BCUT2D eigenvalue weighted by molar-refractivity contribution is 8.47. The van der Waals surface area contributed by atoms with Crippen molar-refractivity contribution in [1.29, 1.82) is 0 Å². The Labute approximate surface area is 256 Å². The number of carboxylic acid groups (broad SMARTS) is 1. The SMILES string of the molecule is [C-]#[N+]C(C)(CCC(=O)O)CC(CC(C)(SC(=S)SCCCCCCCCCCCC)C(=O)OC)c1ccccc1. The maximum absolute atomic E-state index is 13.1. The molecule has 0 aromatic heterocycles. The summed E-state index contributed by atoms with van der Waals surface area (Å²) < 4.78 is 5.04. The van der Waals surface area contributed by atoms with Gasteiger partial charge in [-0.15, -0.1) is 11.8 Å². The van der Waals surface area contributed by atoms with E-state index in [-0.39, 0.29) is 24.7 Å². The Kier molecular flexibility index (Phi) is 18.5. The van der Waals surface area contributed by atoms with Crippen molar-refractivity contribution in [3.63, 3.8) is 0 Å². The Morgan fingerprint density at radius 3 is 2.10 bits per heavy atom. The van der Waals surface area contributed by atoms with Crippen molar-refractivity contribution in [2.45, 2.75) is 127 Å². The second-order valence-corrected chi connectivity index (χ2v) is 14.9. The van der Waals surface area contributed by atoms with Gasteiger partial charge in [0.15, 0.2) is 0 Å². The Hall–Kier alpha value is -1.56. The molecule has 1 aromatic rings. The minimum atomic E-state index is -0.924. The van der Waals surface area contributed by atoms with Gasteiger partial charge in [-0.05, 0) is 37.0 Å². The van der Waals surface area contributed by atoms with Crippen molar-refractivity contribution in [3.8, 4) is 0 Å². The number of nitrogens with zero attached hydrogens (tertiary/aromatic N) is 1. The minimum Gasteiger partial charge on any atom is -0.481 e. The van der Waals surface area contributed by atoms with Gasteiger partial charge in [-0.2, -0.15) is 0 Å². The molecular formula is C32H49NO4S3. The molecule has 3 atom stereocenters. The van der Waals surface area contributed by atoms with E-state index in [9.17, 15) is 14.7 Å². The molecule has 0 amide bonds. The van der Waals surface area contributed by atoms with Gasteiger partial charge in [0.2, 0.25) is 5.54 Å². The van der Waals surface area contributed by atoms with Gasteiger partial charge >= 0.3 is 11.9 Å². The van der Waals surface area contributed by atoms with Crippen molar-refractivity contribution < 1.29 is 19.4 Å². The van der Waals surface area contributed by atoms with Gasteiger partial charge in [0.1, 0.15) is 8.28 Å². The molecule has 40 heavy (non-hydrogen) atoms. The lowest BCUT2D eigenvalue weighted by molar-refractivity contribution is -0.143. The third kappa shape index (κ3) is 14.9. The molecule has 0 aliphatic heterocycles. The molecule has 0 spiro atoms. The number of unbranched alkanes of at least 4 members (excludes halogenated alkanes) is 9. The fraction of sp³-hybridized carbons (Fsp3) is 0.688. The van der Waals surface area contributed by atoms with Crippen LogP contribution in [0.2, 0.25) is 0 Å². The summed E-state index contributed by atoms with van der Waals surface area (Å²) in [5.41, 5.74) is 0.165. The minimum absolute atomic E-state index is 0.0664. The lowest BCUT2D eigenvalue weighted by Gasteiger charge is -2.32. The predicted molar refractivity (Wildman–Crippen MR) is 175 cm³/mol. The summed E-state index contributed by atoms with van der Waals surface area (Å²) in [7, 11) is 1.40. The Morgan fingerprint density at radius 1 is 1.00 bits per heavy atom. The number of hydrogen-bond acceptors (Lipinski definition) is 6. The van der Waals surface area contributed by atoms with Gasteiger partial charge in [-0.25, -0.2) is 6.57 Å². The summed E-state index contributed by atoms with van der Waals surface area (Å²) in [5.74, 6) is -0.450. The average Bonchev–Trinajstić information content (AvgIpc) is 2.94. The third-order valence-corrected chi connectivity index (χ3v) is 10.3. The molecule has 1 aromatic carbocycles. The molecule has 5 nitrogen and oxygen atoms in total. The van der Waals surface area contributed by atoms with Crippen molar-refractivity contribution in [2.75, 3.05) is 12.9 Å². The number of esters is 1. The topological polar surface area (TPSA) is 68.0 Å². The van der Waals surface area contributed by atoms with E-state index in [1.807, 2.05) is 44.2 Å². The third-order valence-electron chi connectivity index (χ3n) is 7.38. The van der Waals surface area contributed by atoms with Crippen LogP contribution in [0.5, 0.6) is 0 Å². The van der Waals surface area contributed by atoms with Gasteiger partial charge in [0.05, 0.1) is 13.5 Å². The first kappa shape index (κ1) is 36.5. The van der Waals surface area contributed by atoms with Crippen molar-refractivity contribution in [3.05, 3.63) is 47.3 Å². The van der Waals surface area contributed by atoms with Gasteiger partial charge in [0.25, 0.3) is 0 Å². The summed E-state index contributed by atoms with van der Waals surface area (Å²) in [6, 6.07) is 9.85. The lowest BCUT2D eigenvalue weighted by atomic mass is 9.78. The van der Waals surface area contributed by atoms with Crippen LogP contribution < -0.4 is 0 Å². The highest BCUT2D eigenvalue weighted by Crippen LogP contribution is 2.44. The van der Waals surface area contributed by atoms with E-state index in [1.165, 1.54) is 76.7 Å². The number of thioether (sulfide) groups is 2. The molecule has 0 radical (unpaired) electrons. The first-order chi connectivity index (χ1) is 19.1. The number of benzene rings is 1. The molecule has 8 heteroatoms. The highest BCUT2D eigenvalue weighted by Gasteiger charge is 2.43. The van der Waals surface area contributed by atoms with Crippen LogP contribution in [-0.4, -0.2) is 43.7 Å². The highest BCUT2D eigenvalue weighted by atomic mass is 32.2. The summed E-state index contributed by atoms with van der Waals surface area (Å²) in [4.78, 5) is 28.2. The second kappa shape index (κ2) is 20.3. The van der Waals surface area contributed by atoms with Crippen LogP contribution in [0, 0.1) is 6.57 Å². The number of carbonyl (C=O) groups is 2. The molecule has 0 heterocycles. The molecular weight excluding hydrogens is 559 g/mol. The summed E-state index contributed by atoms with van der Waals surface area (Å²) in [6.07, 6.45) is 14.0. The van der Waals surface area contributed by atoms with E-state index in [1.54, 1.807) is 11.8 Å². The number of rotatable bonds is 21. The Morgan fingerprint density at radius 2 is 1.57 bits per heavy atom. The normalized spacial score (nSPS) is 14.9. The Balaban J connectivity index is 2.76. The number of carboxylic acids is 1. The number of carbonyl (C=O) groups excluding carboxylic acids is 1. The number of hydrogen-bond donors (Lipinski definition) is 1. The van der Waals surface area contributed by atoms with Gasteiger partial charge in [-0.1, -0.05) is 119 Å². The summed E-state index contributed by atoms with van der Waals surface area (Å²) in [5, 5.41) is 9.21. The van der Waals surface area contributed by atoms with E-state index < -0.39 is 16.3 Å². The van der Waals surface area contributed by atoms with E-state index >= 15 is 0 Å². The molecule has 0 saturated heterocycles. The molecule has 0 aliphatic rings. The number of thiocarbonyl (C=S) groups is 1. The van der Waals surface area contributed by atoms with Crippen molar-refractivity contribution in [2.24, 2.45) is 0 Å². The summed E-state index contributed by atoms with van der Waals surface area (Å²) >= 11 is 8.73. The fourth-order valence-corrected chi connectivity index (χ4v) is 8.13. The summed E-state index contributed by atoms with van der Waals surface area (Å²) in [6.45, 7) is 13.8. The van der Waals surface area contributed by atoms with Crippen LogP contribution in [0.25, 0.3) is 4.85 Å². The molecule has 0 fully saturated rings. The zero-order chi connectivity index (χ0) is 29.9. The monoisotopic (exact) mass is 607 g/mol. The van der Waals surface area contributed by atoms with E-state index in [0.29, 0.717) is 12.8 Å². The number of methoxy groups -OCH3 is 1. The fourth-order valence-electron chi connectivity index (χ4n) is 4.95. The Bertz CT molecular complexity index is 936. The molecule has 1 N–H and O–H groups in total. The zero-order valence-corrected chi connectivity index (χ0v) is 27.4. The van der Waals surface area contributed by atoms with Gasteiger partial charge in [0, 0.05) is 19.8 Å². The number of ether oxygens (including phenoxy) is 1. The zero-order valence-electron chi connectivity index (χ0n) is 24.9. The van der Waals surface area contributed by atoms with Crippen LogP contribution in [0.15, 0.2) is 30.3 Å². The van der Waals surface area contributed by atoms with E-state index in [4.69, 9.17) is 23.5 Å². The van der Waals surface area contributed by atoms with Crippen molar-refractivity contribution >= 4 is 51.2 Å². The smallest absolute Gasteiger partial charge is 0.322 e. The standard InChI is InChI=1S/C32H49NO4S3/c1-6-7-8-9-10-11-12-13-14-18-23-39-30(38)40-32(3,29(36)37-5)25-27(26-19-16-15-17-20-26)24-31(2,33-4)22-21-28(34)35/h15-17,19-20,27H,6-14,18,21-25H2,1-3,5H3,(H,34,35). The van der Waals surface area contributed by atoms with Crippen LogP contribution in [0.3, 0.4) is 0 Å². The lowest BCUT2D eigenvalue weighted by Crippen LogP contribution is -2.37. The van der Waals surface area contributed by atoms with Crippen LogP contribution in [0.4, 0.5) is 0 Å². The largest absolute Gasteiger partial charge is 0.481 e. The quantitative estimate of drug-likeness (QED) is 0.0646. The molecule has 1 rings (SSSR count). The van der Waals surface area contributed by atoms with E-state index in [0.717, 1.165) is 21.3 Å². The first-order valence-electron chi connectivity index (χ1n) is 14.7. The van der Waals surface area contributed by atoms with Crippen LogP contribution >= 0.6 is 35.7 Å². The van der Waals surface area contributed by atoms with Crippen molar-refractivity contribution in [1.82, 2.24) is 0 Å². The predicted octanol–water partition coefficient (Wildman–Crippen LogP) is 9.70. The van der Waals surface area contributed by atoms with Crippen LogP contribution in [0.1, 0.15) is 122 Å². The first-order valence-corrected chi connectivity index (χ1v) is 16.9.